The SMILES string of the molecule is O=C(Nc1ccc(N2C(=O)c3ccccc3C2=O)cc1Cl)c1cc(Br)ccc1Cl. The lowest BCUT2D eigenvalue weighted by Crippen LogP contribution is -2.29. The van der Waals surface area contributed by atoms with Gasteiger partial charge in [-0.15, -0.1) is 0 Å². The molecule has 0 fully saturated rings. The van der Waals surface area contributed by atoms with Crippen LogP contribution in [0.2, 0.25) is 10.0 Å². The summed E-state index contributed by atoms with van der Waals surface area (Å²) >= 11 is 15.7. The fourth-order valence-corrected chi connectivity index (χ4v) is 3.82. The van der Waals surface area contributed by atoms with Crippen LogP contribution in [0.5, 0.6) is 0 Å². The Hall–Kier alpha value is -2.67. The van der Waals surface area contributed by atoms with Crippen LogP contribution in [-0.2, 0) is 0 Å². The Balaban J connectivity index is 1.61. The summed E-state index contributed by atoms with van der Waals surface area (Å²) in [6.07, 6.45) is 0. The number of anilines is 2. The quantitative estimate of drug-likeness (QED) is 0.472. The molecule has 5 nitrogen and oxygen atoms in total. The molecule has 0 aliphatic carbocycles. The van der Waals surface area contributed by atoms with Crippen molar-refractivity contribution in [3.05, 3.63) is 91.9 Å². The van der Waals surface area contributed by atoms with Gasteiger partial charge in [0.2, 0.25) is 0 Å². The molecule has 4 rings (SSSR count). The van der Waals surface area contributed by atoms with Gasteiger partial charge in [0.05, 0.1) is 38.1 Å². The van der Waals surface area contributed by atoms with Crippen LogP contribution in [0.15, 0.2) is 65.1 Å². The molecule has 1 heterocycles. The van der Waals surface area contributed by atoms with Crippen LogP contribution in [0.25, 0.3) is 0 Å². The van der Waals surface area contributed by atoms with Gasteiger partial charge in [0.15, 0.2) is 0 Å². The Morgan fingerprint density at radius 2 is 1.52 bits per heavy atom. The van der Waals surface area contributed by atoms with Crippen molar-refractivity contribution in [1.82, 2.24) is 0 Å². The highest BCUT2D eigenvalue weighted by atomic mass is 79.9. The number of benzene rings is 3. The van der Waals surface area contributed by atoms with Gasteiger partial charge in [-0.3, -0.25) is 14.4 Å². The van der Waals surface area contributed by atoms with Gasteiger partial charge in [0, 0.05) is 4.47 Å². The first-order chi connectivity index (χ1) is 13.9. The number of hydrogen-bond acceptors (Lipinski definition) is 3. The summed E-state index contributed by atoms with van der Waals surface area (Å²) in [5.74, 6) is -1.27. The Morgan fingerprint density at radius 3 is 2.14 bits per heavy atom. The van der Waals surface area contributed by atoms with Crippen molar-refractivity contribution in [3.63, 3.8) is 0 Å². The minimum atomic E-state index is -0.438. The minimum Gasteiger partial charge on any atom is -0.321 e. The smallest absolute Gasteiger partial charge is 0.266 e. The molecule has 8 heteroatoms. The fraction of sp³-hybridized carbons (Fsp3) is 0. The number of halogens is 3. The van der Waals surface area contributed by atoms with Crippen molar-refractivity contribution in [1.29, 1.82) is 0 Å². The molecule has 0 radical (unpaired) electrons. The number of carbonyl (C=O) groups excluding carboxylic acids is 3. The molecule has 0 bridgehead atoms. The summed E-state index contributed by atoms with van der Waals surface area (Å²) < 4.78 is 0.708. The number of amides is 3. The van der Waals surface area contributed by atoms with Crippen LogP contribution in [0, 0.1) is 0 Å². The number of hydrogen-bond donors (Lipinski definition) is 1. The average molecular weight is 490 g/mol. The van der Waals surface area contributed by atoms with E-state index in [-0.39, 0.29) is 10.6 Å². The van der Waals surface area contributed by atoms with Crippen LogP contribution in [0.4, 0.5) is 11.4 Å². The first-order valence-corrected chi connectivity index (χ1v) is 9.95. The molecule has 0 unspecified atom stereocenters. The number of imide groups is 1. The maximum Gasteiger partial charge on any atom is 0.266 e. The monoisotopic (exact) mass is 488 g/mol. The molecular weight excluding hydrogens is 479 g/mol. The summed E-state index contributed by atoms with van der Waals surface area (Å²) in [5.41, 5.74) is 1.61. The number of nitrogens with zero attached hydrogens (tertiary/aromatic N) is 1. The molecule has 1 aliphatic heterocycles. The largest absolute Gasteiger partial charge is 0.321 e. The van der Waals surface area contributed by atoms with Crippen molar-refractivity contribution in [2.24, 2.45) is 0 Å². The summed E-state index contributed by atoms with van der Waals surface area (Å²) in [5, 5.41) is 3.16. The molecule has 3 aromatic rings. The van der Waals surface area contributed by atoms with Gasteiger partial charge >= 0.3 is 0 Å². The number of fused-ring (bicyclic) bond motifs is 1. The van der Waals surface area contributed by atoms with Gasteiger partial charge < -0.3 is 5.32 Å². The van der Waals surface area contributed by atoms with E-state index < -0.39 is 17.7 Å². The highest BCUT2D eigenvalue weighted by Gasteiger charge is 2.36. The zero-order valence-electron chi connectivity index (χ0n) is 14.6. The Bertz CT molecular complexity index is 1160. The lowest BCUT2D eigenvalue weighted by atomic mass is 10.1. The third kappa shape index (κ3) is 3.55. The zero-order chi connectivity index (χ0) is 20.7. The van der Waals surface area contributed by atoms with Crippen molar-refractivity contribution in [3.8, 4) is 0 Å². The van der Waals surface area contributed by atoms with E-state index in [9.17, 15) is 14.4 Å². The van der Waals surface area contributed by atoms with E-state index in [1.165, 1.54) is 12.1 Å². The van der Waals surface area contributed by atoms with Crippen LogP contribution in [-0.4, -0.2) is 17.7 Å². The van der Waals surface area contributed by atoms with E-state index in [0.29, 0.717) is 32.0 Å². The van der Waals surface area contributed by atoms with E-state index in [2.05, 4.69) is 21.2 Å². The minimum absolute atomic E-state index is 0.179. The molecule has 144 valence electrons. The third-order valence-electron chi connectivity index (χ3n) is 4.43. The van der Waals surface area contributed by atoms with E-state index in [0.717, 1.165) is 4.90 Å². The molecule has 3 aromatic carbocycles. The lowest BCUT2D eigenvalue weighted by Gasteiger charge is -2.16. The lowest BCUT2D eigenvalue weighted by molar-refractivity contribution is 0.0924. The standard InChI is InChI=1S/C21H11BrCl2N2O3/c22-11-5-7-16(23)15(9-11)19(27)25-18-8-6-12(10-17(18)24)26-20(28)13-3-1-2-4-14(13)21(26)29/h1-10H,(H,25,27). The van der Waals surface area contributed by atoms with Crippen LogP contribution in [0.1, 0.15) is 31.1 Å². The first kappa shape index (κ1) is 19.6. The second kappa shape index (κ2) is 7.63. The van der Waals surface area contributed by atoms with Gasteiger partial charge in [0.25, 0.3) is 17.7 Å². The molecular formula is C21H11BrCl2N2O3. The zero-order valence-corrected chi connectivity index (χ0v) is 17.7. The van der Waals surface area contributed by atoms with E-state index >= 15 is 0 Å². The predicted molar refractivity (Wildman–Crippen MR) is 116 cm³/mol. The highest BCUT2D eigenvalue weighted by molar-refractivity contribution is 9.10. The number of rotatable bonds is 3. The molecule has 1 aliphatic rings. The summed E-state index contributed by atoms with van der Waals surface area (Å²) in [4.78, 5) is 38.8. The Morgan fingerprint density at radius 1 is 0.862 bits per heavy atom. The molecule has 1 N–H and O–H groups in total. The van der Waals surface area contributed by atoms with Crippen molar-refractivity contribution >= 4 is 68.2 Å². The van der Waals surface area contributed by atoms with Gasteiger partial charge in [-0.25, -0.2) is 4.90 Å². The molecule has 29 heavy (non-hydrogen) atoms. The first-order valence-electron chi connectivity index (χ1n) is 8.40. The number of nitrogens with one attached hydrogen (secondary N) is 1. The van der Waals surface area contributed by atoms with E-state index in [1.807, 2.05) is 0 Å². The summed E-state index contributed by atoms with van der Waals surface area (Å²) in [7, 11) is 0. The molecule has 0 aromatic heterocycles. The van der Waals surface area contributed by atoms with Crippen molar-refractivity contribution in [2.75, 3.05) is 10.2 Å². The number of carbonyl (C=O) groups is 3. The molecule has 3 amide bonds. The highest BCUT2D eigenvalue weighted by Crippen LogP contribution is 2.33. The van der Waals surface area contributed by atoms with Gasteiger partial charge in [0.1, 0.15) is 0 Å². The predicted octanol–water partition coefficient (Wildman–Crippen LogP) is 5.81. The van der Waals surface area contributed by atoms with Gasteiger partial charge in [-0.1, -0.05) is 51.3 Å². The van der Waals surface area contributed by atoms with Crippen LogP contribution >= 0.6 is 39.1 Å². The maximum atomic E-state index is 12.6. The molecule has 0 saturated carbocycles. The van der Waals surface area contributed by atoms with Crippen LogP contribution < -0.4 is 10.2 Å². The normalized spacial score (nSPS) is 12.9. The van der Waals surface area contributed by atoms with Gasteiger partial charge in [-0.2, -0.15) is 0 Å². The van der Waals surface area contributed by atoms with Gasteiger partial charge in [-0.05, 0) is 48.5 Å². The second-order valence-corrected chi connectivity index (χ2v) is 7.96. The topological polar surface area (TPSA) is 66.5 Å². The van der Waals surface area contributed by atoms with Crippen molar-refractivity contribution < 1.29 is 14.4 Å². The Kier molecular flexibility index (Phi) is 5.17. The Labute approximate surface area is 184 Å². The summed E-state index contributed by atoms with van der Waals surface area (Å²) in [6, 6.07) is 16.1. The molecule has 0 spiro atoms. The molecule has 0 atom stereocenters. The second-order valence-electron chi connectivity index (χ2n) is 6.23. The van der Waals surface area contributed by atoms with E-state index in [4.69, 9.17) is 23.2 Å². The van der Waals surface area contributed by atoms with E-state index in [1.54, 1.807) is 48.5 Å². The fourth-order valence-electron chi connectivity index (χ4n) is 3.03. The average Bonchev–Trinajstić information content (AvgIpc) is 2.96. The maximum absolute atomic E-state index is 12.6. The summed E-state index contributed by atoms with van der Waals surface area (Å²) in [6.45, 7) is 0. The molecule has 0 saturated heterocycles. The van der Waals surface area contributed by atoms with Crippen LogP contribution in [0.3, 0.4) is 0 Å². The third-order valence-corrected chi connectivity index (χ3v) is 5.56. The van der Waals surface area contributed by atoms with Crippen molar-refractivity contribution in [2.45, 2.75) is 0 Å².